The van der Waals surface area contributed by atoms with Crippen LogP contribution in [0.1, 0.15) is 48.5 Å². The number of para-hydroxylation sites is 1. The zero-order chi connectivity index (χ0) is 22.9. The minimum Gasteiger partial charge on any atom is -0.382 e. The quantitative estimate of drug-likeness (QED) is 0.158. The van der Waals surface area contributed by atoms with E-state index in [9.17, 15) is 5.26 Å². The fraction of sp³-hybridized carbons (Fsp3) is 0.391. The molecular formula is C23H31IN8O. The Morgan fingerprint density at radius 3 is 2.58 bits per heavy atom. The number of nitrogens with zero attached hydrogens (tertiary/aromatic N) is 5. The van der Waals surface area contributed by atoms with Crippen LogP contribution in [0.4, 0.5) is 5.82 Å². The maximum atomic E-state index is 9.55. The Hall–Kier alpha value is -3.07. The third kappa shape index (κ3) is 6.25. The van der Waals surface area contributed by atoms with Gasteiger partial charge in [-0.1, -0.05) is 37.2 Å². The van der Waals surface area contributed by atoms with Crippen LogP contribution < -0.4 is 16.4 Å². The van der Waals surface area contributed by atoms with Gasteiger partial charge < -0.3 is 20.9 Å². The van der Waals surface area contributed by atoms with Gasteiger partial charge in [-0.3, -0.25) is 4.99 Å². The van der Waals surface area contributed by atoms with Gasteiger partial charge in [0.2, 0.25) is 0 Å². The molecule has 0 amide bonds. The van der Waals surface area contributed by atoms with Gasteiger partial charge in [0.15, 0.2) is 5.96 Å². The molecule has 33 heavy (non-hydrogen) atoms. The fourth-order valence-corrected chi connectivity index (χ4v) is 3.53. The van der Waals surface area contributed by atoms with Crippen LogP contribution in [0.3, 0.4) is 0 Å². The number of nitrogens with two attached hydrogens (primary N) is 1. The van der Waals surface area contributed by atoms with Crippen molar-refractivity contribution in [3.05, 3.63) is 58.6 Å². The Balaban J connectivity index is 0.00000385. The molecule has 2 heterocycles. The van der Waals surface area contributed by atoms with Crippen LogP contribution in [0.2, 0.25) is 0 Å². The van der Waals surface area contributed by atoms with Crippen molar-refractivity contribution in [1.82, 2.24) is 25.6 Å². The first kappa shape index (κ1) is 26.2. The van der Waals surface area contributed by atoms with Gasteiger partial charge in [-0.2, -0.15) is 10.4 Å². The summed E-state index contributed by atoms with van der Waals surface area (Å²) < 4.78 is 7.04. The zero-order valence-corrected chi connectivity index (χ0v) is 21.6. The van der Waals surface area contributed by atoms with E-state index in [2.05, 4.69) is 45.8 Å². The molecule has 0 aliphatic heterocycles. The monoisotopic (exact) mass is 562 g/mol. The van der Waals surface area contributed by atoms with Gasteiger partial charge in [0.05, 0.1) is 17.1 Å². The second-order valence-corrected chi connectivity index (χ2v) is 7.26. The first-order valence-corrected chi connectivity index (χ1v) is 10.9. The van der Waals surface area contributed by atoms with Crippen LogP contribution >= 0.6 is 24.0 Å². The second kappa shape index (κ2) is 12.8. The van der Waals surface area contributed by atoms with Crippen molar-refractivity contribution < 1.29 is 4.52 Å². The van der Waals surface area contributed by atoms with E-state index in [1.807, 2.05) is 30.3 Å². The van der Waals surface area contributed by atoms with E-state index in [0.717, 1.165) is 42.0 Å². The summed E-state index contributed by atoms with van der Waals surface area (Å²) >= 11 is 0. The lowest BCUT2D eigenvalue weighted by molar-refractivity contribution is 0.380. The highest BCUT2D eigenvalue weighted by Crippen LogP contribution is 2.21. The molecule has 0 aliphatic rings. The number of aryl methyl sites for hydroxylation is 3. The van der Waals surface area contributed by atoms with Crippen molar-refractivity contribution in [3.63, 3.8) is 0 Å². The molecule has 0 saturated carbocycles. The molecule has 176 valence electrons. The molecule has 4 N–H and O–H groups in total. The summed E-state index contributed by atoms with van der Waals surface area (Å²) in [5.41, 5.74) is 10.2. The number of aromatic nitrogens is 3. The minimum absolute atomic E-state index is 0. The summed E-state index contributed by atoms with van der Waals surface area (Å²) in [5.74, 6) is 1.97. The SMILES string of the molecule is CCc1noc(CC)c1CNC(=NC)NCCCc1nn(-c2ccccc2)c(N)c1C#N.I. The molecule has 0 saturated heterocycles. The molecule has 0 bridgehead atoms. The number of nitriles is 1. The number of guanidine groups is 1. The number of hydrogen-bond donors (Lipinski definition) is 3. The third-order valence-corrected chi connectivity index (χ3v) is 5.25. The molecule has 0 spiro atoms. The number of hydrogen-bond acceptors (Lipinski definition) is 6. The van der Waals surface area contributed by atoms with Gasteiger partial charge in [0.1, 0.15) is 23.2 Å². The van der Waals surface area contributed by atoms with Gasteiger partial charge in [-0.05, 0) is 31.4 Å². The Morgan fingerprint density at radius 2 is 1.94 bits per heavy atom. The molecule has 2 aromatic heterocycles. The van der Waals surface area contributed by atoms with Crippen molar-refractivity contribution in [2.24, 2.45) is 4.99 Å². The number of anilines is 1. The lowest BCUT2D eigenvalue weighted by atomic mass is 10.1. The molecule has 10 heteroatoms. The predicted molar refractivity (Wildman–Crippen MR) is 140 cm³/mol. The van der Waals surface area contributed by atoms with Gasteiger partial charge in [-0.15, -0.1) is 24.0 Å². The fourth-order valence-electron chi connectivity index (χ4n) is 3.53. The lowest BCUT2D eigenvalue weighted by Gasteiger charge is -2.12. The van der Waals surface area contributed by atoms with E-state index in [1.54, 1.807) is 11.7 Å². The van der Waals surface area contributed by atoms with Crippen LogP contribution in [0, 0.1) is 11.3 Å². The van der Waals surface area contributed by atoms with E-state index in [-0.39, 0.29) is 24.0 Å². The normalized spacial score (nSPS) is 11.0. The van der Waals surface area contributed by atoms with Crippen molar-refractivity contribution in [1.29, 1.82) is 5.26 Å². The largest absolute Gasteiger partial charge is 0.382 e. The smallest absolute Gasteiger partial charge is 0.191 e. The number of rotatable bonds is 9. The van der Waals surface area contributed by atoms with Crippen LogP contribution in [-0.2, 0) is 25.8 Å². The molecule has 9 nitrogen and oxygen atoms in total. The zero-order valence-electron chi connectivity index (χ0n) is 19.3. The molecule has 0 aliphatic carbocycles. The summed E-state index contributed by atoms with van der Waals surface area (Å²) in [6.07, 6.45) is 3.03. The summed E-state index contributed by atoms with van der Waals surface area (Å²) in [7, 11) is 1.74. The lowest BCUT2D eigenvalue weighted by Crippen LogP contribution is -2.37. The summed E-state index contributed by atoms with van der Waals surface area (Å²) in [4.78, 5) is 4.29. The van der Waals surface area contributed by atoms with Gasteiger partial charge in [-0.25, -0.2) is 4.68 Å². The molecule has 0 fully saturated rings. The molecule has 0 atom stereocenters. The highest BCUT2D eigenvalue weighted by atomic mass is 127. The van der Waals surface area contributed by atoms with E-state index in [0.29, 0.717) is 42.5 Å². The molecule has 0 radical (unpaired) electrons. The topological polar surface area (TPSA) is 130 Å². The molecular weight excluding hydrogens is 531 g/mol. The Labute approximate surface area is 211 Å². The van der Waals surface area contributed by atoms with E-state index >= 15 is 0 Å². The summed E-state index contributed by atoms with van der Waals surface area (Å²) in [6, 6.07) is 11.8. The average Bonchev–Trinajstić information content (AvgIpc) is 3.38. The van der Waals surface area contributed by atoms with Gasteiger partial charge >= 0.3 is 0 Å². The molecule has 3 aromatic rings. The summed E-state index contributed by atoms with van der Waals surface area (Å²) in [5, 5.41) is 24.9. The molecule has 1 aromatic carbocycles. The number of aliphatic imine (C=N–C) groups is 1. The first-order valence-electron chi connectivity index (χ1n) is 10.9. The Kier molecular flexibility index (Phi) is 10.2. The van der Waals surface area contributed by atoms with Crippen molar-refractivity contribution in [2.45, 2.75) is 46.1 Å². The highest BCUT2D eigenvalue weighted by Gasteiger charge is 2.16. The van der Waals surface area contributed by atoms with Crippen LogP contribution in [0.25, 0.3) is 5.69 Å². The Bertz CT molecular complexity index is 1080. The maximum Gasteiger partial charge on any atom is 0.191 e. The Morgan fingerprint density at radius 1 is 1.18 bits per heavy atom. The molecule has 3 rings (SSSR count). The van der Waals surface area contributed by atoms with Crippen LogP contribution in [-0.4, -0.2) is 34.5 Å². The first-order chi connectivity index (χ1) is 15.6. The highest BCUT2D eigenvalue weighted by molar-refractivity contribution is 14.0. The van der Waals surface area contributed by atoms with Crippen molar-refractivity contribution in [3.8, 4) is 11.8 Å². The van der Waals surface area contributed by atoms with Gasteiger partial charge in [0, 0.05) is 32.1 Å². The average molecular weight is 562 g/mol. The van der Waals surface area contributed by atoms with E-state index in [4.69, 9.17) is 10.3 Å². The summed E-state index contributed by atoms with van der Waals surface area (Å²) in [6.45, 7) is 5.40. The minimum atomic E-state index is 0. The van der Waals surface area contributed by atoms with Crippen LogP contribution in [0.5, 0.6) is 0 Å². The third-order valence-electron chi connectivity index (χ3n) is 5.25. The van der Waals surface area contributed by atoms with Crippen LogP contribution in [0.15, 0.2) is 39.8 Å². The van der Waals surface area contributed by atoms with Crippen molar-refractivity contribution >= 4 is 35.8 Å². The number of halogens is 1. The van der Waals surface area contributed by atoms with Gasteiger partial charge in [0.25, 0.3) is 0 Å². The maximum absolute atomic E-state index is 9.55. The number of benzene rings is 1. The second-order valence-electron chi connectivity index (χ2n) is 7.26. The number of nitrogens with one attached hydrogen (secondary N) is 2. The predicted octanol–water partition coefficient (Wildman–Crippen LogP) is 3.35. The molecule has 0 unspecified atom stereocenters. The van der Waals surface area contributed by atoms with Crippen molar-refractivity contribution in [2.75, 3.05) is 19.3 Å². The van der Waals surface area contributed by atoms with E-state index in [1.165, 1.54) is 0 Å². The number of nitrogen functional groups attached to an aromatic ring is 1. The standard InChI is InChI=1S/C23H30N8O.HI/c1-4-19-18(21(5-2)32-30-19)15-28-23(26-3)27-13-9-12-20-17(14-24)22(25)31(29-20)16-10-7-6-8-11-16;/h6-8,10-11H,4-5,9,12-13,15,25H2,1-3H3,(H2,26,27,28);1H. The van der Waals surface area contributed by atoms with E-state index < -0.39 is 0 Å².